The summed E-state index contributed by atoms with van der Waals surface area (Å²) in [5.41, 5.74) is 1.80. The van der Waals surface area contributed by atoms with Gasteiger partial charge in [0, 0.05) is 16.8 Å². The van der Waals surface area contributed by atoms with Gasteiger partial charge in [-0.05, 0) is 37.1 Å². The number of carbonyl (C=O) groups is 1. The summed E-state index contributed by atoms with van der Waals surface area (Å²) in [5.74, 6) is 0. The molecule has 20 heavy (non-hydrogen) atoms. The van der Waals surface area contributed by atoms with Gasteiger partial charge in [-0.25, -0.2) is 4.79 Å². The van der Waals surface area contributed by atoms with Gasteiger partial charge in [0.15, 0.2) is 0 Å². The molecule has 0 fully saturated rings. The fraction of sp³-hybridized carbons (Fsp3) is 0.188. The first kappa shape index (κ1) is 14.4. The minimum atomic E-state index is -0.212. The standard InChI is InChI=1S/C16H17ClN2O/c1-12(11-13-7-5-6-10-15(13)17)18-16(20)19-14-8-3-2-4-9-14/h2-10,12H,11H2,1H3,(H2,18,19,20)/t12-/m1/s1. The Kier molecular flexibility index (Phi) is 5.02. The van der Waals surface area contributed by atoms with Crippen LogP contribution in [0, 0.1) is 0 Å². The highest BCUT2D eigenvalue weighted by Gasteiger charge is 2.09. The number of amides is 2. The first-order chi connectivity index (χ1) is 9.65. The Balaban J connectivity index is 1.87. The molecule has 0 radical (unpaired) electrons. The second-order valence-electron chi connectivity index (χ2n) is 4.66. The van der Waals surface area contributed by atoms with Crippen LogP contribution in [-0.4, -0.2) is 12.1 Å². The molecule has 0 aliphatic heterocycles. The number of halogens is 1. The average molecular weight is 289 g/mol. The molecule has 0 saturated carbocycles. The van der Waals surface area contributed by atoms with Gasteiger partial charge in [-0.3, -0.25) is 0 Å². The Morgan fingerprint density at radius 1 is 1.10 bits per heavy atom. The lowest BCUT2D eigenvalue weighted by Gasteiger charge is -2.15. The Labute approximate surface area is 124 Å². The monoisotopic (exact) mass is 288 g/mol. The van der Waals surface area contributed by atoms with Crippen molar-refractivity contribution in [3.8, 4) is 0 Å². The summed E-state index contributed by atoms with van der Waals surface area (Å²) in [6, 6.07) is 16.8. The third-order valence-electron chi connectivity index (χ3n) is 2.89. The number of nitrogens with one attached hydrogen (secondary N) is 2. The SMILES string of the molecule is C[C@H](Cc1ccccc1Cl)NC(=O)Nc1ccccc1. The number of hydrogen-bond acceptors (Lipinski definition) is 1. The second-order valence-corrected chi connectivity index (χ2v) is 5.07. The van der Waals surface area contributed by atoms with Crippen LogP contribution in [0.25, 0.3) is 0 Å². The van der Waals surface area contributed by atoms with E-state index < -0.39 is 0 Å². The van der Waals surface area contributed by atoms with Crippen LogP contribution in [0.5, 0.6) is 0 Å². The predicted molar refractivity (Wildman–Crippen MR) is 83.2 cm³/mol. The Bertz CT molecular complexity index is 572. The van der Waals surface area contributed by atoms with Crippen molar-refractivity contribution < 1.29 is 4.79 Å². The van der Waals surface area contributed by atoms with Gasteiger partial charge < -0.3 is 10.6 Å². The van der Waals surface area contributed by atoms with Crippen LogP contribution < -0.4 is 10.6 Å². The van der Waals surface area contributed by atoms with E-state index in [1.165, 1.54) is 0 Å². The summed E-state index contributed by atoms with van der Waals surface area (Å²) >= 11 is 6.11. The van der Waals surface area contributed by atoms with Crippen LogP contribution in [0.4, 0.5) is 10.5 Å². The van der Waals surface area contributed by atoms with E-state index in [1.807, 2.05) is 61.5 Å². The molecule has 0 heterocycles. The molecule has 0 saturated heterocycles. The lowest BCUT2D eigenvalue weighted by molar-refractivity contribution is 0.249. The number of benzene rings is 2. The summed E-state index contributed by atoms with van der Waals surface area (Å²) in [7, 11) is 0. The molecule has 3 nitrogen and oxygen atoms in total. The number of urea groups is 1. The normalized spacial score (nSPS) is 11.7. The second kappa shape index (κ2) is 6.96. The molecule has 0 aromatic heterocycles. The largest absolute Gasteiger partial charge is 0.335 e. The third-order valence-corrected chi connectivity index (χ3v) is 3.26. The first-order valence-corrected chi connectivity index (χ1v) is 6.89. The van der Waals surface area contributed by atoms with Gasteiger partial charge in [-0.2, -0.15) is 0 Å². The molecule has 0 aliphatic carbocycles. The molecule has 2 amide bonds. The summed E-state index contributed by atoms with van der Waals surface area (Å²) in [4.78, 5) is 11.8. The lowest BCUT2D eigenvalue weighted by atomic mass is 10.1. The van der Waals surface area contributed by atoms with Gasteiger partial charge in [0.1, 0.15) is 0 Å². The van der Waals surface area contributed by atoms with E-state index in [4.69, 9.17) is 11.6 Å². The van der Waals surface area contributed by atoms with E-state index in [0.717, 1.165) is 16.3 Å². The number of para-hydroxylation sites is 1. The smallest absolute Gasteiger partial charge is 0.319 e. The lowest BCUT2D eigenvalue weighted by Crippen LogP contribution is -2.37. The van der Waals surface area contributed by atoms with Crippen LogP contribution in [0.3, 0.4) is 0 Å². The van der Waals surface area contributed by atoms with E-state index in [9.17, 15) is 4.79 Å². The maximum absolute atomic E-state index is 11.8. The van der Waals surface area contributed by atoms with E-state index >= 15 is 0 Å². The zero-order valence-corrected chi connectivity index (χ0v) is 12.0. The molecule has 0 unspecified atom stereocenters. The Morgan fingerprint density at radius 3 is 2.45 bits per heavy atom. The highest BCUT2D eigenvalue weighted by molar-refractivity contribution is 6.31. The minimum absolute atomic E-state index is 0.00128. The molecule has 0 bridgehead atoms. The molecule has 0 aliphatic rings. The van der Waals surface area contributed by atoms with E-state index in [1.54, 1.807) is 0 Å². The molecular formula is C16H17ClN2O. The predicted octanol–water partition coefficient (Wildman–Crippen LogP) is 4.09. The van der Waals surface area contributed by atoms with Crippen LogP contribution in [-0.2, 0) is 6.42 Å². The van der Waals surface area contributed by atoms with Crippen molar-refractivity contribution in [1.29, 1.82) is 0 Å². The molecule has 0 spiro atoms. The average Bonchev–Trinajstić information content (AvgIpc) is 2.42. The van der Waals surface area contributed by atoms with Gasteiger partial charge in [-0.1, -0.05) is 48.0 Å². The van der Waals surface area contributed by atoms with Crippen molar-refractivity contribution in [3.05, 3.63) is 65.2 Å². The number of rotatable bonds is 4. The highest BCUT2D eigenvalue weighted by Crippen LogP contribution is 2.16. The van der Waals surface area contributed by atoms with E-state index in [0.29, 0.717) is 6.42 Å². The maximum atomic E-state index is 11.8. The van der Waals surface area contributed by atoms with Crippen molar-refractivity contribution in [1.82, 2.24) is 5.32 Å². The third kappa shape index (κ3) is 4.28. The van der Waals surface area contributed by atoms with Gasteiger partial charge in [0.05, 0.1) is 0 Å². The van der Waals surface area contributed by atoms with Crippen LogP contribution in [0.15, 0.2) is 54.6 Å². The first-order valence-electron chi connectivity index (χ1n) is 6.51. The van der Waals surface area contributed by atoms with Gasteiger partial charge in [-0.15, -0.1) is 0 Å². The Morgan fingerprint density at radius 2 is 1.75 bits per heavy atom. The molecule has 1 atom stereocenters. The highest BCUT2D eigenvalue weighted by atomic mass is 35.5. The number of carbonyl (C=O) groups excluding carboxylic acids is 1. The van der Waals surface area contributed by atoms with Crippen molar-refractivity contribution in [3.63, 3.8) is 0 Å². The van der Waals surface area contributed by atoms with Crippen LogP contribution in [0.2, 0.25) is 5.02 Å². The van der Waals surface area contributed by atoms with E-state index in [-0.39, 0.29) is 12.1 Å². The topological polar surface area (TPSA) is 41.1 Å². The van der Waals surface area contributed by atoms with Crippen molar-refractivity contribution >= 4 is 23.3 Å². The summed E-state index contributed by atoms with van der Waals surface area (Å²) in [6.07, 6.45) is 0.696. The van der Waals surface area contributed by atoms with Gasteiger partial charge in [0.25, 0.3) is 0 Å². The van der Waals surface area contributed by atoms with Crippen LogP contribution >= 0.6 is 11.6 Å². The van der Waals surface area contributed by atoms with Gasteiger partial charge >= 0.3 is 6.03 Å². The number of anilines is 1. The van der Waals surface area contributed by atoms with Gasteiger partial charge in [0.2, 0.25) is 0 Å². The minimum Gasteiger partial charge on any atom is -0.335 e. The maximum Gasteiger partial charge on any atom is 0.319 e. The molecule has 2 aromatic rings. The van der Waals surface area contributed by atoms with Crippen molar-refractivity contribution in [2.24, 2.45) is 0 Å². The Hall–Kier alpha value is -2.00. The summed E-state index contributed by atoms with van der Waals surface area (Å²) in [5, 5.41) is 6.41. The van der Waals surface area contributed by atoms with Crippen molar-refractivity contribution in [2.45, 2.75) is 19.4 Å². The van der Waals surface area contributed by atoms with Crippen LogP contribution in [0.1, 0.15) is 12.5 Å². The zero-order chi connectivity index (χ0) is 14.4. The molecule has 2 N–H and O–H groups in total. The zero-order valence-electron chi connectivity index (χ0n) is 11.3. The number of hydrogen-bond donors (Lipinski definition) is 2. The molecule has 2 aromatic carbocycles. The summed E-state index contributed by atoms with van der Waals surface area (Å²) in [6.45, 7) is 1.95. The quantitative estimate of drug-likeness (QED) is 0.874. The van der Waals surface area contributed by atoms with Crippen molar-refractivity contribution in [2.75, 3.05) is 5.32 Å². The fourth-order valence-corrected chi connectivity index (χ4v) is 2.17. The molecule has 2 rings (SSSR count). The summed E-state index contributed by atoms with van der Waals surface area (Å²) < 4.78 is 0. The van der Waals surface area contributed by atoms with E-state index in [2.05, 4.69) is 10.6 Å². The molecule has 4 heteroatoms. The molecular weight excluding hydrogens is 272 g/mol. The molecule has 104 valence electrons. The fourth-order valence-electron chi connectivity index (χ4n) is 1.96.